The average Bonchev–Trinajstić information content (AvgIpc) is 2.51. The molecule has 0 atom stereocenters. The summed E-state index contributed by atoms with van der Waals surface area (Å²) in [6.45, 7) is 3.71. The Bertz CT molecular complexity index is 429. The Morgan fingerprint density at radius 2 is 1.81 bits per heavy atom. The van der Waals surface area contributed by atoms with E-state index in [0.29, 0.717) is 6.42 Å². The lowest BCUT2D eigenvalue weighted by Crippen LogP contribution is -2.16. The fraction of sp³-hybridized carbons (Fsp3) is 0.471. The molecule has 0 saturated heterocycles. The van der Waals surface area contributed by atoms with Gasteiger partial charge in [-0.05, 0) is 37.0 Å². The van der Waals surface area contributed by atoms with E-state index >= 15 is 0 Å². The molecule has 114 valence electrons. The number of nitrogens with zero attached hydrogens (tertiary/aromatic N) is 2. The SMILES string of the molecule is C=CCCCCCCCCC(=O)N/N=C/c1ccncc1. The Labute approximate surface area is 127 Å². The summed E-state index contributed by atoms with van der Waals surface area (Å²) in [5, 5.41) is 3.93. The van der Waals surface area contributed by atoms with Gasteiger partial charge in [0.2, 0.25) is 5.91 Å². The second kappa shape index (κ2) is 11.8. The monoisotopic (exact) mass is 287 g/mol. The van der Waals surface area contributed by atoms with Gasteiger partial charge in [0.05, 0.1) is 6.21 Å². The zero-order valence-corrected chi connectivity index (χ0v) is 12.6. The minimum Gasteiger partial charge on any atom is -0.273 e. The molecule has 1 aromatic rings. The first-order valence-corrected chi connectivity index (χ1v) is 7.66. The Morgan fingerprint density at radius 1 is 1.14 bits per heavy atom. The van der Waals surface area contributed by atoms with E-state index in [0.717, 1.165) is 24.8 Å². The highest BCUT2D eigenvalue weighted by molar-refractivity contribution is 5.82. The van der Waals surface area contributed by atoms with Gasteiger partial charge in [-0.2, -0.15) is 5.10 Å². The van der Waals surface area contributed by atoms with Crippen molar-refractivity contribution >= 4 is 12.1 Å². The standard InChI is InChI=1S/C17H25N3O/c1-2-3-4-5-6-7-8-9-10-17(21)20-19-15-16-11-13-18-14-12-16/h2,11-15H,1,3-10H2,(H,20,21)/b19-15+. The van der Waals surface area contributed by atoms with Crippen molar-refractivity contribution < 1.29 is 4.79 Å². The van der Waals surface area contributed by atoms with E-state index < -0.39 is 0 Å². The maximum absolute atomic E-state index is 11.6. The van der Waals surface area contributed by atoms with Crippen LogP contribution < -0.4 is 5.43 Å². The average molecular weight is 287 g/mol. The molecule has 4 nitrogen and oxygen atoms in total. The van der Waals surface area contributed by atoms with Gasteiger partial charge in [-0.25, -0.2) is 5.43 Å². The van der Waals surface area contributed by atoms with Crippen molar-refractivity contribution in [1.29, 1.82) is 0 Å². The van der Waals surface area contributed by atoms with Crippen LogP contribution >= 0.6 is 0 Å². The summed E-state index contributed by atoms with van der Waals surface area (Å²) in [6, 6.07) is 3.67. The summed E-state index contributed by atoms with van der Waals surface area (Å²) >= 11 is 0. The first-order valence-electron chi connectivity index (χ1n) is 7.66. The maximum Gasteiger partial charge on any atom is 0.240 e. The summed E-state index contributed by atoms with van der Waals surface area (Å²) in [7, 11) is 0. The van der Waals surface area contributed by atoms with E-state index in [2.05, 4.69) is 22.1 Å². The Kier molecular flexibility index (Phi) is 9.62. The third-order valence-electron chi connectivity index (χ3n) is 3.17. The van der Waals surface area contributed by atoms with Crippen LogP contribution in [0, 0.1) is 0 Å². The first kappa shape index (κ1) is 17.1. The molecule has 1 amide bonds. The number of rotatable bonds is 11. The van der Waals surface area contributed by atoms with Gasteiger partial charge >= 0.3 is 0 Å². The summed E-state index contributed by atoms with van der Waals surface area (Å²) in [5.41, 5.74) is 3.47. The minimum atomic E-state index is -0.0213. The molecule has 1 rings (SSSR count). The van der Waals surface area contributed by atoms with Gasteiger partial charge in [-0.1, -0.05) is 31.8 Å². The van der Waals surface area contributed by atoms with E-state index in [-0.39, 0.29) is 5.91 Å². The van der Waals surface area contributed by atoms with Crippen LogP contribution in [0.1, 0.15) is 56.9 Å². The Hall–Kier alpha value is -1.97. The van der Waals surface area contributed by atoms with E-state index in [1.54, 1.807) is 18.6 Å². The van der Waals surface area contributed by atoms with Crippen molar-refractivity contribution in [3.63, 3.8) is 0 Å². The second-order valence-electron chi connectivity index (χ2n) is 5.02. The number of carbonyl (C=O) groups is 1. The Balaban J connectivity index is 1.99. The molecule has 0 saturated carbocycles. The van der Waals surface area contributed by atoms with Gasteiger partial charge in [0, 0.05) is 18.8 Å². The number of amides is 1. The number of unbranched alkanes of at least 4 members (excludes halogenated alkanes) is 6. The number of carbonyl (C=O) groups excluding carboxylic acids is 1. The third-order valence-corrected chi connectivity index (χ3v) is 3.17. The van der Waals surface area contributed by atoms with E-state index in [9.17, 15) is 4.79 Å². The molecular formula is C17H25N3O. The molecule has 21 heavy (non-hydrogen) atoms. The molecule has 0 aliphatic heterocycles. The van der Waals surface area contributed by atoms with Crippen LogP contribution in [0.5, 0.6) is 0 Å². The molecule has 0 radical (unpaired) electrons. The molecule has 0 bridgehead atoms. The molecule has 0 fully saturated rings. The molecule has 0 aliphatic rings. The van der Waals surface area contributed by atoms with Gasteiger partial charge in [-0.15, -0.1) is 6.58 Å². The largest absolute Gasteiger partial charge is 0.273 e. The van der Waals surface area contributed by atoms with Crippen molar-refractivity contribution in [2.75, 3.05) is 0 Å². The summed E-state index contributed by atoms with van der Waals surface area (Å²) in [6.07, 6.45) is 15.6. The van der Waals surface area contributed by atoms with E-state index in [1.165, 1.54) is 25.7 Å². The van der Waals surface area contributed by atoms with Gasteiger partial charge in [0.1, 0.15) is 0 Å². The van der Waals surface area contributed by atoms with Gasteiger partial charge in [0.25, 0.3) is 0 Å². The zero-order chi connectivity index (χ0) is 15.2. The van der Waals surface area contributed by atoms with Crippen molar-refractivity contribution in [2.45, 2.75) is 51.4 Å². The fourth-order valence-corrected chi connectivity index (χ4v) is 1.97. The van der Waals surface area contributed by atoms with E-state index in [1.807, 2.05) is 18.2 Å². The smallest absolute Gasteiger partial charge is 0.240 e. The minimum absolute atomic E-state index is 0.0213. The molecular weight excluding hydrogens is 262 g/mol. The molecule has 1 aromatic heterocycles. The van der Waals surface area contributed by atoms with Crippen LogP contribution in [0.3, 0.4) is 0 Å². The van der Waals surface area contributed by atoms with Crippen LogP contribution in [0.15, 0.2) is 42.3 Å². The predicted octanol–water partition coefficient (Wildman–Crippen LogP) is 3.84. The van der Waals surface area contributed by atoms with Crippen molar-refractivity contribution in [1.82, 2.24) is 10.4 Å². The number of nitrogens with one attached hydrogen (secondary N) is 1. The Morgan fingerprint density at radius 3 is 2.52 bits per heavy atom. The van der Waals surface area contributed by atoms with Crippen LogP contribution in [0.4, 0.5) is 0 Å². The van der Waals surface area contributed by atoms with Gasteiger partial charge in [0.15, 0.2) is 0 Å². The number of aromatic nitrogens is 1. The number of hydrazone groups is 1. The predicted molar refractivity (Wildman–Crippen MR) is 87.1 cm³/mol. The molecule has 0 aliphatic carbocycles. The lowest BCUT2D eigenvalue weighted by molar-refractivity contribution is -0.121. The van der Waals surface area contributed by atoms with Crippen molar-refractivity contribution in [3.8, 4) is 0 Å². The lowest BCUT2D eigenvalue weighted by atomic mass is 10.1. The van der Waals surface area contributed by atoms with Crippen LogP contribution in [-0.2, 0) is 4.79 Å². The van der Waals surface area contributed by atoms with Crippen LogP contribution in [-0.4, -0.2) is 17.1 Å². The second-order valence-corrected chi connectivity index (χ2v) is 5.02. The number of hydrogen-bond donors (Lipinski definition) is 1. The van der Waals surface area contributed by atoms with Crippen LogP contribution in [0.25, 0.3) is 0 Å². The molecule has 1 N–H and O–H groups in total. The number of allylic oxidation sites excluding steroid dienone is 1. The quantitative estimate of drug-likeness (QED) is 0.291. The first-order chi connectivity index (χ1) is 10.3. The number of pyridine rings is 1. The maximum atomic E-state index is 11.6. The highest BCUT2D eigenvalue weighted by Gasteiger charge is 1.99. The lowest BCUT2D eigenvalue weighted by Gasteiger charge is -2.01. The molecule has 0 spiro atoms. The topological polar surface area (TPSA) is 54.4 Å². The van der Waals surface area contributed by atoms with E-state index in [4.69, 9.17) is 0 Å². The normalized spacial score (nSPS) is 10.7. The molecule has 0 unspecified atom stereocenters. The van der Waals surface area contributed by atoms with Crippen molar-refractivity contribution in [3.05, 3.63) is 42.7 Å². The molecule has 1 heterocycles. The van der Waals surface area contributed by atoms with Gasteiger partial charge in [-0.3, -0.25) is 9.78 Å². The summed E-state index contributed by atoms with van der Waals surface area (Å²) in [4.78, 5) is 15.5. The molecule has 0 aromatic carbocycles. The summed E-state index contributed by atoms with van der Waals surface area (Å²) < 4.78 is 0. The highest BCUT2D eigenvalue weighted by Crippen LogP contribution is 2.08. The van der Waals surface area contributed by atoms with Crippen LogP contribution in [0.2, 0.25) is 0 Å². The zero-order valence-electron chi connectivity index (χ0n) is 12.6. The fourth-order valence-electron chi connectivity index (χ4n) is 1.97. The molecule has 4 heteroatoms. The van der Waals surface area contributed by atoms with Gasteiger partial charge < -0.3 is 0 Å². The summed E-state index contributed by atoms with van der Waals surface area (Å²) in [5.74, 6) is -0.0213. The number of hydrogen-bond acceptors (Lipinski definition) is 3. The third kappa shape index (κ3) is 9.55. The highest BCUT2D eigenvalue weighted by atomic mass is 16.2. The van der Waals surface area contributed by atoms with Crippen molar-refractivity contribution in [2.24, 2.45) is 5.10 Å².